The van der Waals surface area contributed by atoms with Crippen LogP contribution in [0.1, 0.15) is 6.92 Å². The topological polar surface area (TPSA) is 220 Å². The molecular weight excluding hydrogens is 572 g/mol. The van der Waals surface area contributed by atoms with Crippen LogP contribution in [0.3, 0.4) is 0 Å². The molecule has 0 atom stereocenters. The number of hydrogen-bond acceptors (Lipinski definition) is 14. The summed E-state index contributed by atoms with van der Waals surface area (Å²) in [6, 6.07) is 4.90. The van der Waals surface area contributed by atoms with Gasteiger partial charge in [0.2, 0.25) is 5.91 Å². The van der Waals surface area contributed by atoms with Crippen molar-refractivity contribution in [1.82, 2.24) is 24.5 Å². The smallest absolute Gasteiger partial charge is 0.331 e. The van der Waals surface area contributed by atoms with Crippen molar-refractivity contribution in [1.29, 1.82) is 0 Å². The Balaban J connectivity index is 2.11. The summed E-state index contributed by atoms with van der Waals surface area (Å²) in [5.74, 6) is -4.82. The SMILES string of the molecule is CCN(CC(=O)Oc1ccc([N+](=O)[O-])cc1)C(=O)CN1CCN(CC(=O)[O-])CCN(CC(=O)[O-])CCN(CC(=O)O)CC1. The summed E-state index contributed by atoms with van der Waals surface area (Å²) in [6.45, 7) is 1.76. The zero-order valence-corrected chi connectivity index (χ0v) is 23.9. The highest BCUT2D eigenvalue weighted by molar-refractivity contribution is 5.84. The van der Waals surface area contributed by atoms with Crippen LogP contribution in [-0.4, -0.2) is 156 Å². The van der Waals surface area contributed by atoms with Crippen LogP contribution in [0.4, 0.5) is 5.69 Å². The summed E-state index contributed by atoms with van der Waals surface area (Å²) < 4.78 is 5.20. The Labute approximate surface area is 247 Å². The molecule has 0 aromatic heterocycles. The predicted molar refractivity (Wildman–Crippen MR) is 144 cm³/mol. The molecule has 2 rings (SSSR count). The third kappa shape index (κ3) is 13.6. The van der Waals surface area contributed by atoms with Gasteiger partial charge in [0.25, 0.3) is 5.69 Å². The Hall–Kier alpha value is -4.19. The van der Waals surface area contributed by atoms with Crippen LogP contribution in [0.5, 0.6) is 5.75 Å². The largest absolute Gasteiger partial charge is 0.549 e. The maximum atomic E-state index is 13.2. The quantitative estimate of drug-likeness (QED) is 0.0980. The number of ether oxygens (including phenoxy) is 1. The molecule has 0 spiro atoms. The van der Waals surface area contributed by atoms with Crippen LogP contribution in [-0.2, 0) is 24.0 Å². The fourth-order valence-corrected chi connectivity index (χ4v) is 4.39. The minimum atomic E-state index is -1.32. The monoisotopic (exact) mass is 608 g/mol. The Kier molecular flexibility index (Phi) is 14.4. The predicted octanol–water partition coefficient (Wildman–Crippen LogP) is -3.85. The Morgan fingerprint density at radius 2 is 1.21 bits per heavy atom. The molecule has 17 nitrogen and oxygen atoms in total. The van der Waals surface area contributed by atoms with Gasteiger partial charge >= 0.3 is 11.9 Å². The second-order valence-electron chi connectivity index (χ2n) is 9.88. The van der Waals surface area contributed by atoms with Gasteiger partial charge < -0.3 is 34.5 Å². The van der Waals surface area contributed by atoms with Gasteiger partial charge in [-0.1, -0.05) is 0 Å². The Morgan fingerprint density at radius 1 is 0.791 bits per heavy atom. The number of aliphatic carboxylic acids is 3. The van der Waals surface area contributed by atoms with Gasteiger partial charge in [0.05, 0.1) is 30.0 Å². The van der Waals surface area contributed by atoms with Crippen LogP contribution >= 0.6 is 0 Å². The van der Waals surface area contributed by atoms with E-state index < -0.39 is 54.3 Å². The molecule has 1 saturated heterocycles. The van der Waals surface area contributed by atoms with Crippen molar-refractivity contribution in [3.05, 3.63) is 34.4 Å². The molecule has 1 N–H and O–H groups in total. The average molecular weight is 609 g/mol. The summed E-state index contributed by atoms with van der Waals surface area (Å²) in [5.41, 5.74) is -0.175. The zero-order chi connectivity index (χ0) is 31.9. The molecule has 1 heterocycles. The van der Waals surface area contributed by atoms with Crippen molar-refractivity contribution >= 4 is 35.5 Å². The molecule has 43 heavy (non-hydrogen) atoms. The van der Waals surface area contributed by atoms with E-state index in [2.05, 4.69) is 0 Å². The highest BCUT2D eigenvalue weighted by atomic mass is 16.6. The lowest BCUT2D eigenvalue weighted by molar-refractivity contribution is -0.384. The van der Waals surface area contributed by atoms with E-state index in [0.717, 1.165) is 0 Å². The number of benzene rings is 1. The first-order valence-corrected chi connectivity index (χ1v) is 13.6. The number of amides is 1. The Bertz CT molecular complexity index is 1100. The van der Waals surface area contributed by atoms with E-state index in [1.165, 1.54) is 29.2 Å². The van der Waals surface area contributed by atoms with Gasteiger partial charge in [0.1, 0.15) is 12.3 Å². The number of carboxylic acid groups (broad SMARTS) is 3. The fourth-order valence-electron chi connectivity index (χ4n) is 4.39. The lowest BCUT2D eigenvalue weighted by Crippen LogP contribution is -2.51. The van der Waals surface area contributed by atoms with E-state index in [1.807, 2.05) is 0 Å². The van der Waals surface area contributed by atoms with Crippen molar-refractivity contribution in [2.45, 2.75) is 6.92 Å². The Morgan fingerprint density at radius 3 is 1.58 bits per heavy atom. The first-order valence-electron chi connectivity index (χ1n) is 13.6. The van der Waals surface area contributed by atoms with E-state index >= 15 is 0 Å². The summed E-state index contributed by atoms with van der Waals surface area (Å²) in [4.78, 5) is 77.6. The fraction of sp³-hybridized carbons (Fsp3) is 0.577. The van der Waals surface area contributed by atoms with Gasteiger partial charge in [-0.05, 0) is 19.1 Å². The number of carbonyl (C=O) groups is 5. The first-order chi connectivity index (χ1) is 20.4. The summed E-state index contributed by atoms with van der Waals surface area (Å²) in [5, 5.41) is 42.7. The van der Waals surface area contributed by atoms with Crippen molar-refractivity contribution in [2.24, 2.45) is 0 Å². The van der Waals surface area contributed by atoms with Gasteiger partial charge in [-0.2, -0.15) is 0 Å². The molecule has 0 bridgehead atoms. The molecule has 0 radical (unpaired) electrons. The number of likely N-dealkylation sites (N-methyl/N-ethyl adjacent to an activating group) is 1. The third-order valence-corrected chi connectivity index (χ3v) is 6.69. The number of nitro groups is 1. The molecule has 0 unspecified atom stereocenters. The molecule has 238 valence electrons. The van der Waals surface area contributed by atoms with E-state index in [-0.39, 0.29) is 83.4 Å². The summed E-state index contributed by atoms with van der Waals surface area (Å²) >= 11 is 0. The van der Waals surface area contributed by atoms with Gasteiger partial charge in [-0.25, -0.2) is 4.79 Å². The first kappa shape index (κ1) is 35.0. The van der Waals surface area contributed by atoms with Crippen LogP contribution in [0.15, 0.2) is 24.3 Å². The number of nitro benzene ring substituents is 1. The molecule has 0 aliphatic carbocycles. The van der Waals surface area contributed by atoms with Gasteiger partial charge in [-0.15, -0.1) is 0 Å². The number of non-ortho nitro benzene ring substituents is 1. The molecule has 0 saturated carbocycles. The lowest BCUT2D eigenvalue weighted by atomic mass is 10.3. The molecular formula is C26H36N6O11-2. The van der Waals surface area contributed by atoms with E-state index in [9.17, 15) is 49.4 Å². The molecule has 1 aliphatic rings. The summed E-state index contributed by atoms with van der Waals surface area (Å²) in [7, 11) is 0. The molecule has 1 aromatic rings. The molecule has 17 heteroatoms. The number of carboxylic acids is 3. The van der Waals surface area contributed by atoms with Crippen molar-refractivity contribution in [3.8, 4) is 5.75 Å². The number of rotatable bonds is 13. The van der Waals surface area contributed by atoms with Crippen LogP contribution in [0.2, 0.25) is 0 Å². The van der Waals surface area contributed by atoms with E-state index in [0.29, 0.717) is 0 Å². The number of nitrogens with zero attached hydrogens (tertiary/aromatic N) is 6. The van der Waals surface area contributed by atoms with Crippen molar-refractivity contribution < 1.29 is 49.0 Å². The van der Waals surface area contributed by atoms with E-state index in [4.69, 9.17) is 4.74 Å². The summed E-state index contributed by atoms with van der Waals surface area (Å²) in [6.07, 6.45) is 0. The van der Waals surface area contributed by atoms with Crippen molar-refractivity contribution in [2.75, 3.05) is 91.6 Å². The number of carbonyl (C=O) groups excluding carboxylic acids is 4. The van der Waals surface area contributed by atoms with E-state index in [1.54, 1.807) is 26.5 Å². The molecule has 1 fully saturated rings. The van der Waals surface area contributed by atoms with Crippen LogP contribution < -0.4 is 14.9 Å². The minimum absolute atomic E-state index is 0.0758. The molecule has 1 amide bonds. The lowest BCUT2D eigenvalue weighted by Gasteiger charge is -2.34. The standard InChI is InChI=1S/C26H38N6O11/c1-2-31(19-26(40)43-21-5-3-20(4-6-21)32(41)42)22(33)15-27-7-9-28(16-23(34)35)11-13-30(18-25(38)39)14-12-29(10-8-27)17-24(36)37/h3-6H,2,7-19H2,1H3,(H,34,35)(H,36,37)(H,38,39)/p-2. The van der Waals surface area contributed by atoms with Crippen LogP contribution in [0, 0.1) is 10.1 Å². The maximum absolute atomic E-state index is 13.2. The van der Waals surface area contributed by atoms with Gasteiger partial charge in [0.15, 0.2) is 0 Å². The second-order valence-corrected chi connectivity index (χ2v) is 9.88. The third-order valence-electron chi connectivity index (χ3n) is 6.69. The maximum Gasteiger partial charge on any atom is 0.331 e. The van der Waals surface area contributed by atoms with Crippen molar-refractivity contribution in [3.63, 3.8) is 0 Å². The van der Waals surface area contributed by atoms with Gasteiger partial charge in [-0.3, -0.25) is 39.3 Å². The normalized spacial score (nSPS) is 16.4. The second kappa shape index (κ2) is 17.7. The zero-order valence-electron chi connectivity index (χ0n) is 23.9. The number of esters is 1. The highest BCUT2D eigenvalue weighted by Gasteiger charge is 2.23. The van der Waals surface area contributed by atoms with Gasteiger partial charge in [0, 0.05) is 84.1 Å². The molecule has 1 aliphatic heterocycles. The minimum Gasteiger partial charge on any atom is -0.549 e. The average Bonchev–Trinajstić information content (AvgIpc) is 2.92. The number of hydrogen-bond donors (Lipinski definition) is 1. The highest BCUT2D eigenvalue weighted by Crippen LogP contribution is 2.17. The molecule has 1 aromatic carbocycles. The van der Waals surface area contributed by atoms with Crippen LogP contribution in [0.25, 0.3) is 0 Å².